The van der Waals surface area contributed by atoms with Crippen LogP contribution in [0, 0.1) is 10.7 Å². The van der Waals surface area contributed by atoms with Gasteiger partial charge in [0.05, 0.1) is 5.56 Å². The minimum Gasteiger partial charge on any atom is -0.459 e. The molecule has 4 rings (SSSR count). The van der Waals surface area contributed by atoms with Gasteiger partial charge in [-0.15, -0.1) is 0 Å². The lowest BCUT2D eigenvalue weighted by molar-refractivity contribution is -0.0307. The lowest BCUT2D eigenvalue weighted by Crippen LogP contribution is -2.52. The highest BCUT2D eigenvalue weighted by molar-refractivity contribution is 14.1. The summed E-state index contributed by atoms with van der Waals surface area (Å²) >= 11 is 6.80. The maximum Gasteiger partial charge on any atom is 0.339 e. The number of carbonyl (C=O) groups is 1. The number of likely N-dealkylation sites (tertiary alicyclic amines) is 1. The number of piperidine rings is 1. The summed E-state index contributed by atoms with van der Waals surface area (Å²) in [4.78, 5) is 15.3. The molecule has 0 radical (unpaired) electrons. The van der Waals surface area contributed by atoms with Crippen LogP contribution in [0.1, 0.15) is 48.9 Å². The van der Waals surface area contributed by atoms with Gasteiger partial charge in [-0.25, -0.2) is 4.79 Å². The fourth-order valence-corrected chi connectivity index (χ4v) is 6.44. The number of nitrogens with zero attached hydrogens (tertiary/aromatic N) is 1. The van der Waals surface area contributed by atoms with Crippen LogP contribution >= 0.6 is 67.8 Å². The van der Waals surface area contributed by atoms with E-state index in [0.717, 1.165) is 29.1 Å². The summed E-state index contributed by atoms with van der Waals surface area (Å²) in [6, 6.07) is 4.04. The van der Waals surface area contributed by atoms with E-state index in [0.29, 0.717) is 11.1 Å². The number of ether oxygens (including phenoxy) is 1. The number of hydrogen-bond donors (Lipinski definition) is 0. The molecule has 0 atom stereocenters. The highest BCUT2D eigenvalue weighted by Gasteiger charge is 2.63. The monoisotopic (exact) mass is 649 g/mol. The predicted octanol–water partition coefficient (Wildman–Crippen LogP) is 4.82. The molecule has 23 heavy (non-hydrogen) atoms. The Morgan fingerprint density at radius 1 is 1.13 bits per heavy atom. The lowest BCUT2D eigenvalue weighted by atomic mass is 9.90. The third-order valence-corrected chi connectivity index (χ3v) is 9.45. The smallest absolute Gasteiger partial charge is 0.339 e. The largest absolute Gasteiger partial charge is 0.459 e. The number of hydrogen-bond acceptors (Lipinski definition) is 3. The molecule has 1 saturated heterocycles. The van der Waals surface area contributed by atoms with Crippen molar-refractivity contribution in [2.45, 2.75) is 55.7 Å². The minimum absolute atomic E-state index is 0.0787. The van der Waals surface area contributed by atoms with E-state index in [2.05, 4.69) is 85.8 Å². The van der Waals surface area contributed by atoms with Crippen LogP contribution in [0.4, 0.5) is 0 Å². The molecule has 0 aromatic heterocycles. The van der Waals surface area contributed by atoms with Gasteiger partial charge in [-0.1, -0.05) is 0 Å². The maximum atomic E-state index is 12.7. The maximum absolute atomic E-state index is 12.7. The summed E-state index contributed by atoms with van der Waals surface area (Å²) in [6.45, 7) is 0. The molecular weight excluding hydrogens is 631 g/mol. The molecule has 1 aromatic rings. The van der Waals surface area contributed by atoms with Crippen molar-refractivity contribution >= 4 is 73.7 Å². The van der Waals surface area contributed by atoms with Crippen molar-refractivity contribution < 1.29 is 9.53 Å². The zero-order valence-corrected chi connectivity index (χ0v) is 19.3. The van der Waals surface area contributed by atoms with Crippen LogP contribution < -0.4 is 0 Å². The van der Waals surface area contributed by atoms with Gasteiger partial charge >= 0.3 is 5.97 Å². The van der Waals surface area contributed by atoms with E-state index in [1.807, 2.05) is 6.07 Å². The zero-order chi connectivity index (χ0) is 16.4. The Labute approximate surface area is 177 Å². The van der Waals surface area contributed by atoms with Crippen LogP contribution in [0.3, 0.4) is 0 Å². The van der Waals surface area contributed by atoms with E-state index in [1.165, 1.54) is 25.7 Å². The third-order valence-electron chi connectivity index (χ3n) is 5.78. The molecule has 0 amide bonds. The minimum atomic E-state index is -0.146. The third kappa shape index (κ3) is 3.07. The van der Waals surface area contributed by atoms with Crippen molar-refractivity contribution in [1.29, 1.82) is 0 Å². The van der Waals surface area contributed by atoms with Gasteiger partial charge in [-0.05, 0) is 113 Å². The van der Waals surface area contributed by atoms with E-state index < -0.39 is 0 Å². The molecular formula is C17H18I3NO2. The van der Waals surface area contributed by atoms with Gasteiger partial charge in [0.2, 0.25) is 0 Å². The molecule has 1 aliphatic heterocycles. The molecule has 124 valence electrons. The molecule has 2 spiro atoms. The molecule has 1 aromatic carbocycles. The summed E-state index contributed by atoms with van der Waals surface area (Å²) in [5.41, 5.74) is 1.37. The number of esters is 1. The van der Waals surface area contributed by atoms with Crippen molar-refractivity contribution in [3.8, 4) is 0 Å². The molecule has 0 N–H and O–H groups in total. The second-order valence-electron chi connectivity index (χ2n) is 7.19. The van der Waals surface area contributed by atoms with Crippen LogP contribution in [0.5, 0.6) is 0 Å². The second kappa shape index (κ2) is 5.94. The SMILES string of the molecule is CN1C2(CC2)CC(OC(=O)c2cc(I)cc(I)c2I)CC12CC2. The van der Waals surface area contributed by atoms with Gasteiger partial charge in [0.15, 0.2) is 0 Å². The fraction of sp³-hybridized carbons (Fsp3) is 0.588. The van der Waals surface area contributed by atoms with E-state index >= 15 is 0 Å². The van der Waals surface area contributed by atoms with E-state index in [1.54, 1.807) is 0 Å². The highest BCUT2D eigenvalue weighted by Crippen LogP contribution is 2.60. The Hall–Kier alpha value is 0.840. The molecule has 1 heterocycles. The van der Waals surface area contributed by atoms with E-state index in [4.69, 9.17) is 4.74 Å². The lowest BCUT2D eigenvalue weighted by Gasteiger charge is -2.44. The van der Waals surface area contributed by atoms with Gasteiger partial charge in [0.1, 0.15) is 6.10 Å². The van der Waals surface area contributed by atoms with Gasteiger partial charge in [-0.2, -0.15) is 0 Å². The van der Waals surface area contributed by atoms with Gasteiger partial charge in [0.25, 0.3) is 0 Å². The quantitative estimate of drug-likeness (QED) is 0.262. The van der Waals surface area contributed by atoms with Crippen molar-refractivity contribution in [2.75, 3.05) is 7.05 Å². The van der Waals surface area contributed by atoms with Crippen molar-refractivity contribution in [2.24, 2.45) is 0 Å². The highest BCUT2D eigenvalue weighted by atomic mass is 127. The van der Waals surface area contributed by atoms with Gasteiger partial charge < -0.3 is 4.74 Å². The first-order valence-corrected chi connectivity index (χ1v) is 11.2. The molecule has 3 aliphatic rings. The fourth-order valence-electron chi connectivity index (χ4n) is 4.07. The van der Waals surface area contributed by atoms with E-state index in [-0.39, 0.29) is 12.1 Å². The average molecular weight is 649 g/mol. The summed E-state index contributed by atoms with van der Waals surface area (Å²) < 4.78 is 9.19. The van der Waals surface area contributed by atoms with Crippen LogP contribution in [-0.2, 0) is 4.74 Å². The molecule has 0 unspecified atom stereocenters. The number of benzene rings is 1. The summed E-state index contributed by atoms with van der Waals surface area (Å²) in [6.07, 6.45) is 7.14. The summed E-state index contributed by atoms with van der Waals surface area (Å²) in [7, 11) is 2.28. The summed E-state index contributed by atoms with van der Waals surface area (Å²) in [5, 5.41) is 0. The molecule has 3 nitrogen and oxygen atoms in total. The Balaban J connectivity index is 1.54. The first-order valence-electron chi connectivity index (χ1n) is 7.95. The van der Waals surface area contributed by atoms with Crippen molar-refractivity contribution in [1.82, 2.24) is 4.90 Å². The molecule has 0 bridgehead atoms. The first kappa shape index (κ1) is 17.3. The predicted molar refractivity (Wildman–Crippen MR) is 115 cm³/mol. The Kier molecular flexibility index (Phi) is 4.46. The Morgan fingerprint density at radius 2 is 1.70 bits per heavy atom. The topological polar surface area (TPSA) is 29.5 Å². The van der Waals surface area contributed by atoms with E-state index in [9.17, 15) is 4.79 Å². The van der Waals surface area contributed by atoms with Gasteiger partial charge in [-0.3, -0.25) is 4.90 Å². The number of rotatable bonds is 2. The normalized spacial score (nSPS) is 27.2. The summed E-state index contributed by atoms with van der Waals surface area (Å²) in [5.74, 6) is -0.146. The van der Waals surface area contributed by atoms with Gasteiger partial charge in [0, 0.05) is 34.6 Å². The Morgan fingerprint density at radius 3 is 2.22 bits per heavy atom. The van der Waals surface area contributed by atoms with Crippen LogP contribution in [0.25, 0.3) is 0 Å². The first-order chi connectivity index (χ1) is 10.9. The van der Waals surface area contributed by atoms with Crippen LogP contribution in [0.15, 0.2) is 12.1 Å². The van der Waals surface area contributed by atoms with Crippen LogP contribution in [0.2, 0.25) is 0 Å². The number of carbonyl (C=O) groups excluding carboxylic acids is 1. The Bertz CT molecular complexity index is 661. The van der Waals surface area contributed by atoms with Crippen molar-refractivity contribution in [3.05, 3.63) is 28.4 Å². The second-order valence-corrected chi connectivity index (χ2v) is 10.7. The zero-order valence-electron chi connectivity index (χ0n) is 12.9. The average Bonchev–Trinajstić information content (AvgIpc) is 3.39. The molecule has 2 saturated carbocycles. The number of halogens is 3. The van der Waals surface area contributed by atoms with Crippen LogP contribution in [-0.4, -0.2) is 35.1 Å². The standard InChI is InChI=1S/C17H18I3NO2/c1-21-16(2-3-16)8-11(9-17(21)4-5-17)23-15(22)12-6-10(18)7-13(19)14(12)20/h6-7,11H,2-5,8-9H2,1H3. The molecule has 6 heteroatoms. The molecule has 2 aliphatic carbocycles. The molecule has 3 fully saturated rings. The van der Waals surface area contributed by atoms with Crippen molar-refractivity contribution in [3.63, 3.8) is 0 Å².